The third-order valence-electron chi connectivity index (χ3n) is 1.61. The Labute approximate surface area is 81.9 Å². The van der Waals surface area contributed by atoms with E-state index in [1.165, 1.54) is 12.1 Å². The van der Waals surface area contributed by atoms with Gasteiger partial charge in [-0.2, -0.15) is 5.26 Å². The van der Waals surface area contributed by atoms with E-state index >= 15 is 0 Å². The first kappa shape index (κ1) is 10.3. The summed E-state index contributed by atoms with van der Waals surface area (Å²) in [7, 11) is 0. The summed E-state index contributed by atoms with van der Waals surface area (Å²) in [5.41, 5.74) is 4.85. The summed E-state index contributed by atoms with van der Waals surface area (Å²) < 4.78 is 18.0. The summed E-state index contributed by atoms with van der Waals surface area (Å²) in [6.45, 7) is 3.16. The molecule has 0 amide bonds. The largest absolute Gasteiger partial charge is 0.471 e. The molecule has 3 nitrogen and oxygen atoms in total. The molecule has 0 atom stereocenters. The van der Waals surface area contributed by atoms with Crippen LogP contribution in [0.4, 0.5) is 10.1 Å². The highest BCUT2D eigenvalue weighted by Crippen LogP contribution is 2.25. The molecule has 0 saturated heterocycles. The fourth-order valence-corrected chi connectivity index (χ4v) is 0.894. The molecule has 1 aromatic rings. The SMILES string of the molecule is CC(C)(C#N)Oc1cc(F)ccc1N. The molecule has 0 spiro atoms. The molecule has 1 rings (SSSR count). The van der Waals surface area contributed by atoms with Crippen molar-refractivity contribution in [3.05, 3.63) is 24.0 Å². The Morgan fingerprint density at radius 1 is 1.50 bits per heavy atom. The van der Waals surface area contributed by atoms with E-state index in [0.717, 1.165) is 6.07 Å². The fourth-order valence-electron chi connectivity index (χ4n) is 0.894. The zero-order valence-corrected chi connectivity index (χ0v) is 8.04. The Kier molecular flexibility index (Phi) is 2.61. The lowest BCUT2D eigenvalue weighted by Crippen LogP contribution is -2.26. The van der Waals surface area contributed by atoms with Crippen LogP contribution in [0.3, 0.4) is 0 Å². The van der Waals surface area contributed by atoms with Crippen LogP contribution >= 0.6 is 0 Å². The number of nitrogens with zero attached hydrogens (tertiary/aromatic N) is 1. The average molecular weight is 194 g/mol. The molecule has 0 aliphatic heterocycles. The van der Waals surface area contributed by atoms with Gasteiger partial charge in [0.25, 0.3) is 0 Å². The normalized spacial score (nSPS) is 10.7. The van der Waals surface area contributed by atoms with Gasteiger partial charge in [-0.15, -0.1) is 0 Å². The van der Waals surface area contributed by atoms with Gasteiger partial charge >= 0.3 is 0 Å². The number of nitrogens with two attached hydrogens (primary N) is 1. The van der Waals surface area contributed by atoms with Gasteiger partial charge in [-0.05, 0) is 26.0 Å². The molecule has 0 fully saturated rings. The van der Waals surface area contributed by atoms with Gasteiger partial charge in [-0.1, -0.05) is 0 Å². The quantitative estimate of drug-likeness (QED) is 0.733. The summed E-state index contributed by atoms with van der Waals surface area (Å²) in [4.78, 5) is 0. The van der Waals surface area contributed by atoms with Crippen LogP contribution in [0.2, 0.25) is 0 Å². The lowest BCUT2D eigenvalue weighted by molar-refractivity contribution is 0.170. The number of anilines is 1. The van der Waals surface area contributed by atoms with E-state index < -0.39 is 11.4 Å². The average Bonchev–Trinajstić information content (AvgIpc) is 2.11. The minimum absolute atomic E-state index is 0.191. The zero-order valence-electron chi connectivity index (χ0n) is 8.04. The lowest BCUT2D eigenvalue weighted by Gasteiger charge is -2.19. The van der Waals surface area contributed by atoms with Gasteiger partial charge in [0, 0.05) is 6.07 Å². The molecular formula is C10H11FN2O. The van der Waals surface area contributed by atoms with Crippen LogP contribution in [0.25, 0.3) is 0 Å². The molecule has 0 aromatic heterocycles. The Morgan fingerprint density at radius 3 is 2.71 bits per heavy atom. The van der Waals surface area contributed by atoms with E-state index in [1.54, 1.807) is 13.8 Å². The van der Waals surface area contributed by atoms with Crippen molar-refractivity contribution in [1.82, 2.24) is 0 Å². The first-order valence-electron chi connectivity index (χ1n) is 4.10. The molecule has 1 aromatic carbocycles. The number of nitrogen functional groups attached to an aromatic ring is 1. The van der Waals surface area contributed by atoms with Crippen LogP contribution in [0, 0.1) is 17.1 Å². The van der Waals surface area contributed by atoms with Crippen LogP contribution in [0.5, 0.6) is 5.75 Å². The Balaban J connectivity index is 2.98. The van der Waals surface area contributed by atoms with Gasteiger partial charge in [0.2, 0.25) is 0 Å². The molecule has 0 aliphatic carbocycles. The maximum Gasteiger partial charge on any atom is 0.188 e. The predicted octanol–water partition coefficient (Wildman–Crippen LogP) is 2.09. The van der Waals surface area contributed by atoms with Crippen LogP contribution in [-0.4, -0.2) is 5.60 Å². The Morgan fingerprint density at radius 2 is 2.14 bits per heavy atom. The van der Waals surface area contributed by atoms with E-state index in [-0.39, 0.29) is 5.75 Å². The summed E-state index contributed by atoms with van der Waals surface area (Å²) in [6, 6.07) is 5.74. The van der Waals surface area contributed by atoms with Gasteiger partial charge in [0.1, 0.15) is 17.6 Å². The first-order valence-corrected chi connectivity index (χ1v) is 4.10. The number of ether oxygens (including phenoxy) is 1. The van der Waals surface area contributed by atoms with Crippen molar-refractivity contribution < 1.29 is 9.13 Å². The minimum atomic E-state index is -1.01. The molecule has 0 saturated carbocycles. The standard InChI is InChI=1S/C10H11FN2O/c1-10(2,6-12)14-9-5-7(11)3-4-8(9)13/h3-5H,13H2,1-2H3. The van der Waals surface area contributed by atoms with Crippen LogP contribution in [-0.2, 0) is 0 Å². The highest BCUT2D eigenvalue weighted by atomic mass is 19.1. The molecule has 4 heteroatoms. The molecule has 0 aliphatic rings. The van der Waals surface area contributed by atoms with Gasteiger partial charge in [0.05, 0.1) is 5.69 Å². The molecule has 0 heterocycles. The predicted molar refractivity (Wildman–Crippen MR) is 51.1 cm³/mol. The highest BCUT2D eigenvalue weighted by molar-refractivity contribution is 5.52. The molecule has 2 N–H and O–H groups in total. The zero-order chi connectivity index (χ0) is 10.8. The maximum absolute atomic E-state index is 12.8. The van der Waals surface area contributed by atoms with Crippen molar-refractivity contribution in [2.75, 3.05) is 5.73 Å². The van der Waals surface area contributed by atoms with Crippen LogP contribution in [0.1, 0.15) is 13.8 Å². The van der Waals surface area contributed by atoms with E-state index in [4.69, 9.17) is 15.7 Å². The smallest absolute Gasteiger partial charge is 0.188 e. The number of halogens is 1. The summed E-state index contributed by atoms with van der Waals surface area (Å²) in [5, 5.41) is 8.71. The number of hydrogen-bond donors (Lipinski definition) is 1. The summed E-state index contributed by atoms with van der Waals surface area (Å²) >= 11 is 0. The van der Waals surface area contributed by atoms with Crippen molar-refractivity contribution in [2.45, 2.75) is 19.4 Å². The van der Waals surface area contributed by atoms with Gasteiger partial charge < -0.3 is 10.5 Å². The first-order chi connectivity index (χ1) is 6.44. The number of benzene rings is 1. The summed E-state index contributed by atoms with van der Waals surface area (Å²) in [5.74, 6) is -0.250. The summed E-state index contributed by atoms with van der Waals surface area (Å²) in [6.07, 6.45) is 0. The second kappa shape index (κ2) is 3.54. The van der Waals surface area contributed by atoms with Crippen molar-refractivity contribution in [2.24, 2.45) is 0 Å². The van der Waals surface area contributed by atoms with Crippen molar-refractivity contribution in [1.29, 1.82) is 5.26 Å². The van der Waals surface area contributed by atoms with Gasteiger partial charge in [-0.3, -0.25) is 0 Å². The second-order valence-corrected chi connectivity index (χ2v) is 3.41. The Hall–Kier alpha value is -1.76. The molecule has 0 bridgehead atoms. The van der Waals surface area contributed by atoms with E-state index in [0.29, 0.717) is 5.69 Å². The molecular weight excluding hydrogens is 183 g/mol. The van der Waals surface area contributed by atoms with E-state index in [1.807, 2.05) is 6.07 Å². The van der Waals surface area contributed by atoms with Crippen LogP contribution in [0.15, 0.2) is 18.2 Å². The van der Waals surface area contributed by atoms with Gasteiger partial charge in [0.15, 0.2) is 5.60 Å². The molecule has 74 valence electrons. The third-order valence-corrected chi connectivity index (χ3v) is 1.61. The number of rotatable bonds is 2. The third kappa shape index (κ3) is 2.36. The van der Waals surface area contributed by atoms with Crippen LogP contribution < -0.4 is 10.5 Å². The van der Waals surface area contributed by atoms with Crippen molar-refractivity contribution >= 4 is 5.69 Å². The number of hydrogen-bond acceptors (Lipinski definition) is 3. The fraction of sp³-hybridized carbons (Fsp3) is 0.300. The monoisotopic (exact) mass is 194 g/mol. The van der Waals surface area contributed by atoms with Gasteiger partial charge in [-0.25, -0.2) is 4.39 Å². The second-order valence-electron chi connectivity index (χ2n) is 3.41. The molecule has 0 unspecified atom stereocenters. The van der Waals surface area contributed by atoms with E-state index in [9.17, 15) is 4.39 Å². The van der Waals surface area contributed by atoms with Crippen molar-refractivity contribution in [3.8, 4) is 11.8 Å². The lowest BCUT2D eigenvalue weighted by atomic mass is 10.1. The molecule has 14 heavy (non-hydrogen) atoms. The maximum atomic E-state index is 12.8. The molecule has 0 radical (unpaired) electrons. The number of nitriles is 1. The minimum Gasteiger partial charge on any atom is -0.471 e. The van der Waals surface area contributed by atoms with Crippen molar-refractivity contribution in [3.63, 3.8) is 0 Å². The van der Waals surface area contributed by atoms with E-state index in [2.05, 4.69) is 0 Å². The highest BCUT2D eigenvalue weighted by Gasteiger charge is 2.19. The topological polar surface area (TPSA) is 59.0 Å². The Bertz CT molecular complexity index is 382.